The van der Waals surface area contributed by atoms with Gasteiger partial charge in [-0.05, 0) is 44.9 Å². The average molecular weight is 407 g/mol. The topological polar surface area (TPSA) is 90.2 Å². The Morgan fingerprint density at radius 2 is 1.97 bits per heavy atom. The van der Waals surface area contributed by atoms with Gasteiger partial charge in [-0.3, -0.25) is 14.2 Å². The Morgan fingerprint density at radius 1 is 1.20 bits per heavy atom. The summed E-state index contributed by atoms with van der Waals surface area (Å²) in [7, 11) is 0. The third-order valence-corrected chi connectivity index (χ3v) is 5.26. The van der Waals surface area contributed by atoms with E-state index in [-0.39, 0.29) is 24.0 Å². The Labute approximate surface area is 174 Å². The first-order valence-corrected chi connectivity index (χ1v) is 10.2. The molecule has 0 bridgehead atoms. The van der Waals surface area contributed by atoms with Crippen molar-refractivity contribution in [2.24, 2.45) is 0 Å². The summed E-state index contributed by atoms with van der Waals surface area (Å²) in [6, 6.07) is 9.48. The first-order valence-electron chi connectivity index (χ1n) is 10.2. The van der Waals surface area contributed by atoms with Gasteiger partial charge in [0.15, 0.2) is 0 Å². The second-order valence-corrected chi connectivity index (χ2v) is 7.67. The fourth-order valence-electron chi connectivity index (χ4n) is 3.80. The van der Waals surface area contributed by atoms with Crippen LogP contribution in [-0.4, -0.2) is 49.5 Å². The number of likely N-dealkylation sites (tertiary alicyclic amines) is 1. The predicted molar refractivity (Wildman–Crippen MR) is 112 cm³/mol. The smallest absolute Gasteiger partial charge is 0.317 e. The lowest BCUT2D eigenvalue weighted by Gasteiger charge is -2.32. The minimum Gasteiger partial charge on any atom is -0.458 e. The van der Waals surface area contributed by atoms with E-state index < -0.39 is 0 Å². The molecule has 0 radical (unpaired) electrons. The molecule has 1 aliphatic heterocycles. The van der Waals surface area contributed by atoms with Gasteiger partial charge in [0, 0.05) is 30.9 Å². The van der Waals surface area contributed by atoms with Crippen LogP contribution in [0.2, 0.25) is 0 Å². The molecule has 0 saturated carbocycles. The lowest BCUT2D eigenvalue weighted by atomic mass is 10.1. The zero-order chi connectivity index (χ0) is 21.1. The van der Waals surface area contributed by atoms with Gasteiger partial charge < -0.3 is 9.64 Å². The van der Waals surface area contributed by atoms with Crippen LogP contribution in [0.4, 0.5) is 0 Å². The fourth-order valence-corrected chi connectivity index (χ4v) is 3.80. The van der Waals surface area contributed by atoms with Gasteiger partial charge in [-0.1, -0.05) is 12.1 Å². The van der Waals surface area contributed by atoms with E-state index in [0.717, 1.165) is 24.2 Å². The maximum atomic E-state index is 12.8. The number of hydrogen-bond acceptors (Lipinski definition) is 6. The lowest BCUT2D eigenvalue weighted by molar-refractivity contribution is -0.134. The van der Waals surface area contributed by atoms with Gasteiger partial charge in [0.1, 0.15) is 6.10 Å². The number of carbonyl (C=O) groups excluding carboxylic acids is 1. The molecule has 0 aliphatic carbocycles. The van der Waals surface area contributed by atoms with Crippen LogP contribution < -0.4 is 10.3 Å². The summed E-state index contributed by atoms with van der Waals surface area (Å²) in [5.41, 5.74) is 2.25. The average Bonchev–Trinajstić information content (AvgIpc) is 2.73. The summed E-state index contributed by atoms with van der Waals surface area (Å²) >= 11 is 0. The fraction of sp³-hybridized carbons (Fsp3) is 0.409. The number of aromatic nitrogens is 4. The lowest BCUT2D eigenvalue weighted by Crippen LogP contribution is -2.45. The van der Waals surface area contributed by atoms with E-state index in [4.69, 9.17) is 4.74 Å². The molecule has 1 aromatic carbocycles. The number of para-hydroxylation sites is 1. The molecule has 2 aromatic heterocycles. The second-order valence-electron chi connectivity index (χ2n) is 7.67. The molecular weight excluding hydrogens is 382 g/mol. The van der Waals surface area contributed by atoms with Crippen LogP contribution in [0.5, 0.6) is 6.01 Å². The van der Waals surface area contributed by atoms with Gasteiger partial charge in [-0.15, -0.1) is 0 Å². The Kier molecular flexibility index (Phi) is 5.74. The molecular formula is C22H25N5O3. The van der Waals surface area contributed by atoms with Crippen LogP contribution in [0, 0.1) is 13.8 Å². The van der Waals surface area contributed by atoms with Crippen molar-refractivity contribution in [2.45, 2.75) is 45.8 Å². The predicted octanol–water partition coefficient (Wildman–Crippen LogP) is 2.26. The molecule has 1 atom stereocenters. The number of rotatable bonds is 5. The highest BCUT2D eigenvalue weighted by Gasteiger charge is 2.25. The van der Waals surface area contributed by atoms with E-state index in [0.29, 0.717) is 36.5 Å². The number of hydrogen-bond donors (Lipinski definition) is 0. The molecule has 1 fully saturated rings. The number of aryl methyl sites for hydroxylation is 3. The van der Waals surface area contributed by atoms with Crippen LogP contribution in [0.1, 0.15) is 30.7 Å². The monoisotopic (exact) mass is 407 g/mol. The molecule has 156 valence electrons. The summed E-state index contributed by atoms with van der Waals surface area (Å²) < 4.78 is 7.45. The van der Waals surface area contributed by atoms with Crippen molar-refractivity contribution in [3.63, 3.8) is 0 Å². The molecule has 1 unspecified atom stereocenters. The van der Waals surface area contributed by atoms with E-state index in [1.54, 1.807) is 17.0 Å². The molecule has 0 spiro atoms. The maximum Gasteiger partial charge on any atom is 0.317 e. The highest BCUT2D eigenvalue weighted by Crippen LogP contribution is 2.17. The molecule has 0 N–H and O–H groups in total. The Bertz CT molecular complexity index is 1110. The summed E-state index contributed by atoms with van der Waals surface area (Å²) in [4.78, 5) is 40.1. The van der Waals surface area contributed by atoms with Crippen LogP contribution in [0.15, 0.2) is 41.5 Å². The number of nitrogens with zero attached hydrogens (tertiary/aromatic N) is 5. The number of fused-ring (bicyclic) bond motifs is 1. The molecule has 1 amide bonds. The van der Waals surface area contributed by atoms with Crippen LogP contribution in [0.3, 0.4) is 0 Å². The normalized spacial score (nSPS) is 16.6. The van der Waals surface area contributed by atoms with Crippen molar-refractivity contribution in [3.05, 3.63) is 58.4 Å². The van der Waals surface area contributed by atoms with E-state index in [2.05, 4.69) is 15.0 Å². The molecule has 3 heterocycles. The Morgan fingerprint density at radius 3 is 2.77 bits per heavy atom. The SMILES string of the molecule is Cc1cc(C)nc(OC2CCCN(C(=O)CCn3cnc4ccccc4c3=O)C2)n1. The van der Waals surface area contributed by atoms with Gasteiger partial charge >= 0.3 is 6.01 Å². The van der Waals surface area contributed by atoms with Crippen LogP contribution >= 0.6 is 0 Å². The van der Waals surface area contributed by atoms with Crippen molar-refractivity contribution < 1.29 is 9.53 Å². The zero-order valence-electron chi connectivity index (χ0n) is 17.2. The first-order chi connectivity index (χ1) is 14.5. The third-order valence-electron chi connectivity index (χ3n) is 5.26. The largest absolute Gasteiger partial charge is 0.458 e. The maximum absolute atomic E-state index is 12.8. The van der Waals surface area contributed by atoms with Gasteiger partial charge in [0.25, 0.3) is 5.56 Å². The highest BCUT2D eigenvalue weighted by atomic mass is 16.5. The van der Waals surface area contributed by atoms with E-state index in [1.807, 2.05) is 32.0 Å². The quantitative estimate of drug-likeness (QED) is 0.644. The van der Waals surface area contributed by atoms with E-state index in [1.165, 1.54) is 10.9 Å². The summed E-state index contributed by atoms with van der Waals surface area (Å²) in [5, 5.41) is 0.562. The van der Waals surface area contributed by atoms with Gasteiger partial charge in [-0.2, -0.15) is 0 Å². The number of carbonyl (C=O) groups is 1. The van der Waals surface area contributed by atoms with Crippen molar-refractivity contribution in [1.29, 1.82) is 0 Å². The molecule has 1 saturated heterocycles. The van der Waals surface area contributed by atoms with Crippen molar-refractivity contribution in [2.75, 3.05) is 13.1 Å². The minimum atomic E-state index is -0.131. The van der Waals surface area contributed by atoms with Crippen molar-refractivity contribution >= 4 is 16.8 Å². The Balaban J connectivity index is 1.37. The van der Waals surface area contributed by atoms with Crippen molar-refractivity contribution in [1.82, 2.24) is 24.4 Å². The molecule has 8 heteroatoms. The molecule has 3 aromatic rings. The number of ether oxygens (including phenoxy) is 1. The van der Waals surface area contributed by atoms with E-state index in [9.17, 15) is 9.59 Å². The van der Waals surface area contributed by atoms with Crippen molar-refractivity contribution in [3.8, 4) is 6.01 Å². The summed E-state index contributed by atoms with van der Waals surface area (Å²) in [5.74, 6) is 0.00435. The third kappa shape index (κ3) is 4.48. The minimum absolute atomic E-state index is 0.00435. The zero-order valence-corrected chi connectivity index (χ0v) is 17.2. The molecule has 4 rings (SSSR count). The second kappa shape index (κ2) is 8.61. The van der Waals surface area contributed by atoms with Crippen LogP contribution in [-0.2, 0) is 11.3 Å². The van der Waals surface area contributed by atoms with Gasteiger partial charge in [0.05, 0.1) is 23.8 Å². The Hall–Kier alpha value is -3.29. The standard InChI is InChI=1S/C22H25N5O3/c1-15-12-16(2)25-22(24-15)30-17-6-5-10-26(13-17)20(28)9-11-27-14-23-19-8-4-3-7-18(19)21(27)29/h3-4,7-8,12,14,17H,5-6,9-11,13H2,1-2H3. The number of benzene rings is 1. The summed E-state index contributed by atoms with van der Waals surface area (Å²) in [6.07, 6.45) is 3.34. The highest BCUT2D eigenvalue weighted by molar-refractivity contribution is 5.77. The molecule has 30 heavy (non-hydrogen) atoms. The van der Waals surface area contributed by atoms with Gasteiger partial charge in [0.2, 0.25) is 5.91 Å². The summed E-state index contributed by atoms with van der Waals surface area (Å²) in [6.45, 7) is 5.30. The molecule has 8 nitrogen and oxygen atoms in total. The first kappa shape index (κ1) is 20.0. The number of piperidine rings is 1. The van der Waals surface area contributed by atoms with E-state index >= 15 is 0 Å². The van der Waals surface area contributed by atoms with Crippen LogP contribution in [0.25, 0.3) is 10.9 Å². The molecule has 1 aliphatic rings. The van der Waals surface area contributed by atoms with Gasteiger partial charge in [-0.25, -0.2) is 15.0 Å². The number of amides is 1.